The maximum atomic E-state index is 12.3. The Bertz CT molecular complexity index is 849. The number of carbonyl (C=O) groups excluding carboxylic acids is 1. The van der Waals surface area contributed by atoms with Crippen molar-refractivity contribution < 1.29 is 9.53 Å². The van der Waals surface area contributed by atoms with Crippen LogP contribution in [0.1, 0.15) is 18.5 Å². The van der Waals surface area contributed by atoms with E-state index in [1.165, 1.54) is 0 Å². The van der Waals surface area contributed by atoms with Gasteiger partial charge >= 0.3 is 0 Å². The Balaban J connectivity index is 1.33. The van der Waals surface area contributed by atoms with E-state index in [1.54, 1.807) is 0 Å². The van der Waals surface area contributed by atoms with Crippen molar-refractivity contribution in [3.05, 3.63) is 60.6 Å². The van der Waals surface area contributed by atoms with E-state index >= 15 is 0 Å². The lowest BCUT2D eigenvalue weighted by Crippen LogP contribution is -2.37. The summed E-state index contributed by atoms with van der Waals surface area (Å²) in [6.07, 6.45) is 5.92. The number of amides is 1. The first-order valence-electron chi connectivity index (χ1n) is 8.95. The lowest BCUT2D eigenvalue weighted by Gasteiger charge is -2.21. The molecule has 1 aliphatic heterocycles. The maximum absolute atomic E-state index is 12.3. The molecule has 0 aliphatic carbocycles. The highest BCUT2D eigenvalue weighted by atomic mass is 16.5. The van der Waals surface area contributed by atoms with Crippen LogP contribution in [0.25, 0.3) is 5.65 Å². The van der Waals surface area contributed by atoms with Crippen molar-refractivity contribution in [2.45, 2.75) is 19.4 Å². The minimum Gasteiger partial charge on any atom is -0.487 e. The van der Waals surface area contributed by atoms with E-state index in [2.05, 4.69) is 15.6 Å². The van der Waals surface area contributed by atoms with Crippen molar-refractivity contribution in [3.8, 4) is 5.75 Å². The first kappa shape index (κ1) is 16.6. The largest absolute Gasteiger partial charge is 0.487 e. The zero-order chi connectivity index (χ0) is 17.8. The van der Waals surface area contributed by atoms with Gasteiger partial charge < -0.3 is 19.8 Å². The number of aromatic nitrogens is 2. The van der Waals surface area contributed by atoms with Crippen LogP contribution in [0.3, 0.4) is 0 Å². The smallest absolute Gasteiger partial charge is 0.228 e. The third-order valence-electron chi connectivity index (χ3n) is 4.59. The van der Waals surface area contributed by atoms with Crippen LogP contribution in [0.5, 0.6) is 5.75 Å². The van der Waals surface area contributed by atoms with Gasteiger partial charge in [0, 0.05) is 24.6 Å². The maximum Gasteiger partial charge on any atom is 0.228 e. The van der Waals surface area contributed by atoms with Gasteiger partial charge in [0.1, 0.15) is 18.0 Å². The molecule has 26 heavy (non-hydrogen) atoms. The second-order valence-electron chi connectivity index (χ2n) is 6.54. The summed E-state index contributed by atoms with van der Waals surface area (Å²) in [6.45, 7) is 2.16. The number of hydrogen-bond donors (Lipinski definition) is 2. The third kappa shape index (κ3) is 3.86. The van der Waals surface area contributed by atoms with Crippen molar-refractivity contribution in [1.82, 2.24) is 14.7 Å². The molecule has 1 unspecified atom stereocenters. The molecule has 1 amide bonds. The summed E-state index contributed by atoms with van der Waals surface area (Å²) in [5, 5.41) is 6.24. The summed E-state index contributed by atoms with van der Waals surface area (Å²) in [7, 11) is 0. The first-order chi connectivity index (χ1) is 12.8. The van der Waals surface area contributed by atoms with Crippen LogP contribution < -0.4 is 15.4 Å². The van der Waals surface area contributed by atoms with Gasteiger partial charge in [-0.2, -0.15) is 0 Å². The standard InChI is InChI=1S/C20H22N4O2/c25-20(15-4-3-10-21-12-15)23-16-6-8-18(9-7-16)26-14-17-13-24-11-2-1-5-19(24)22-17/h1-2,5-9,11,13,15,21H,3-4,10,12,14H2,(H,23,25). The molecule has 1 aromatic carbocycles. The SMILES string of the molecule is O=C(Nc1ccc(OCc2cn3ccccc3n2)cc1)C1CCCNC1. The third-order valence-corrected chi connectivity index (χ3v) is 4.59. The Labute approximate surface area is 152 Å². The molecule has 6 nitrogen and oxygen atoms in total. The van der Waals surface area contributed by atoms with Crippen LogP contribution in [0.4, 0.5) is 5.69 Å². The molecule has 3 heterocycles. The highest BCUT2D eigenvalue weighted by Gasteiger charge is 2.20. The lowest BCUT2D eigenvalue weighted by molar-refractivity contribution is -0.120. The van der Waals surface area contributed by atoms with Gasteiger partial charge in [-0.3, -0.25) is 4.79 Å². The molecule has 0 saturated carbocycles. The Morgan fingerprint density at radius 2 is 2.15 bits per heavy atom. The summed E-state index contributed by atoms with van der Waals surface area (Å²) >= 11 is 0. The number of nitrogens with zero attached hydrogens (tertiary/aromatic N) is 2. The number of benzene rings is 1. The summed E-state index contributed by atoms with van der Waals surface area (Å²) in [5.41, 5.74) is 2.57. The van der Waals surface area contributed by atoms with Crippen molar-refractivity contribution in [2.75, 3.05) is 18.4 Å². The summed E-state index contributed by atoms with van der Waals surface area (Å²) in [6, 6.07) is 13.4. The van der Waals surface area contributed by atoms with Crippen molar-refractivity contribution in [1.29, 1.82) is 0 Å². The second-order valence-corrected chi connectivity index (χ2v) is 6.54. The van der Waals surface area contributed by atoms with Gasteiger partial charge in [0.15, 0.2) is 0 Å². The predicted octanol–water partition coefficient (Wildman–Crippen LogP) is 2.85. The molecule has 1 aliphatic rings. The minimum absolute atomic E-state index is 0.0507. The fraction of sp³-hybridized carbons (Fsp3) is 0.300. The van der Waals surface area contributed by atoms with Crippen LogP contribution in [0.15, 0.2) is 54.9 Å². The molecule has 0 radical (unpaired) electrons. The van der Waals surface area contributed by atoms with E-state index in [0.29, 0.717) is 6.61 Å². The number of carbonyl (C=O) groups is 1. The Kier molecular flexibility index (Phi) is 4.84. The quantitative estimate of drug-likeness (QED) is 0.742. The highest BCUT2D eigenvalue weighted by Crippen LogP contribution is 2.19. The molecule has 4 rings (SSSR count). The molecule has 3 aromatic rings. The van der Waals surface area contributed by atoms with E-state index in [1.807, 2.05) is 59.3 Å². The van der Waals surface area contributed by atoms with Crippen molar-refractivity contribution >= 4 is 17.2 Å². The Morgan fingerprint density at radius 3 is 2.92 bits per heavy atom. The molecule has 2 aromatic heterocycles. The van der Waals surface area contributed by atoms with Gasteiger partial charge in [0.2, 0.25) is 5.91 Å². The molecule has 1 saturated heterocycles. The summed E-state index contributed by atoms with van der Waals surface area (Å²) in [5.74, 6) is 0.879. The number of pyridine rings is 1. The number of rotatable bonds is 5. The fourth-order valence-corrected chi connectivity index (χ4v) is 3.17. The van der Waals surface area contributed by atoms with Crippen LogP contribution in [-0.4, -0.2) is 28.4 Å². The van der Waals surface area contributed by atoms with E-state index in [0.717, 1.165) is 48.7 Å². The average Bonchev–Trinajstić information content (AvgIpc) is 3.11. The summed E-state index contributed by atoms with van der Waals surface area (Å²) in [4.78, 5) is 16.8. The van der Waals surface area contributed by atoms with E-state index < -0.39 is 0 Å². The highest BCUT2D eigenvalue weighted by molar-refractivity contribution is 5.92. The second kappa shape index (κ2) is 7.58. The topological polar surface area (TPSA) is 67.7 Å². The fourth-order valence-electron chi connectivity index (χ4n) is 3.17. The number of imidazole rings is 1. The van der Waals surface area contributed by atoms with Gasteiger partial charge in [-0.1, -0.05) is 6.07 Å². The zero-order valence-electron chi connectivity index (χ0n) is 14.5. The van der Waals surface area contributed by atoms with E-state index in [4.69, 9.17) is 4.74 Å². The van der Waals surface area contributed by atoms with Gasteiger partial charge in [0.05, 0.1) is 11.6 Å². The van der Waals surface area contributed by atoms with E-state index in [9.17, 15) is 4.79 Å². The first-order valence-corrected chi connectivity index (χ1v) is 8.95. The minimum atomic E-state index is 0.0507. The van der Waals surface area contributed by atoms with Crippen LogP contribution in [-0.2, 0) is 11.4 Å². The predicted molar refractivity (Wildman–Crippen MR) is 100 cm³/mol. The van der Waals surface area contributed by atoms with Crippen molar-refractivity contribution in [2.24, 2.45) is 5.92 Å². The molecule has 0 spiro atoms. The molecular formula is C20H22N4O2. The number of nitrogens with one attached hydrogen (secondary N) is 2. The van der Waals surface area contributed by atoms with Crippen LogP contribution >= 0.6 is 0 Å². The number of piperidine rings is 1. The van der Waals surface area contributed by atoms with Crippen LogP contribution in [0, 0.1) is 5.92 Å². The van der Waals surface area contributed by atoms with Crippen molar-refractivity contribution in [3.63, 3.8) is 0 Å². The Morgan fingerprint density at radius 1 is 1.27 bits per heavy atom. The average molecular weight is 350 g/mol. The molecule has 6 heteroatoms. The Hall–Kier alpha value is -2.86. The van der Waals surface area contributed by atoms with Gasteiger partial charge in [-0.25, -0.2) is 4.98 Å². The molecule has 2 N–H and O–H groups in total. The van der Waals surface area contributed by atoms with Gasteiger partial charge in [-0.15, -0.1) is 0 Å². The number of fused-ring (bicyclic) bond motifs is 1. The number of anilines is 1. The zero-order valence-corrected chi connectivity index (χ0v) is 14.5. The van der Waals surface area contributed by atoms with Gasteiger partial charge in [0.25, 0.3) is 0 Å². The normalized spacial score (nSPS) is 17.2. The summed E-state index contributed by atoms with van der Waals surface area (Å²) < 4.78 is 7.77. The molecule has 1 atom stereocenters. The van der Waals surface area contributed by atoms with Crippen LogP contribution in [0.2, 0.25) is 0 Å². The molecule has 0 bridgehead atoms. The van der Waals surface area contributed by atoms with Gasteiger partial charge in [-0.05, 0) is 55.8 Å². The number of ether oxygens (including phenoxy) is 1. The molecular weight excluding hydrogens is 328 g/mol. The molecule has 134 valence electrons. The monoisotopic (exact) mass is 350 g/mol. The van der Waals surface area contributed by atoms with E-state index in [-0.39, 0.29) is 11.8 Å². The lowest BCUT2D eigenvalue weighted by atomic mass is 9.99. The number of hydrogen-bond acceptors (Lipinski definition) is 4. The molecule has 1 fully saturated rings.